The summed E-state index contributed by atoms with van der Waals surface area (Å²) in [5, 5.41) is 16.3. The minimum absolute atomic E-state index is 0.0161. The first-order chi connectivity index (χ1) is 32.9. The first kappa shape index (κ1) is 48.1. The molecule has 1 aliphatic carbocycles. The molecule has 0 spiro atoms. The Morgan fingerprint density at radius 3 is 2.51 bits per heavy atom. The highest BCUT2D eigenvalue weighted by Gasteiger charge is 2.44. The summed E-state index contributed by atoms with van der Waals surface area (Å²) < 4.78 is 90.9. The van der Waals surface area contributed by atoms with Gasteiger partial charge >= 0.3 is 6.18 Å². The lowest BCUT2D eigenvalue weighted by atomic mass is 9.72. The van der Waals surface area contributed by atoms with E-state index in [1.807, 2.05) is 16.9 Å². The maximum Gasteiger partial charge on any atom is 0.396 e. The van der Waals surface area contributed by atoms with Gasteiger partial charge in [0.2, 0.25) is 5.88 Å². The number of rotatable bonds is 12. The molecule has 2 fully saturated rings. The summed E-state index contributed by atoms with van der Waals surface area (Å²) in [6.45, 7) is 7.53. The number of H-pyrrole nitrogens is 1. The summed E-state index contributed by atoms with van der Waals surface area (Å²) in [5.74, 6) is -3.33. The van der Waals surface area contributed by atoms with Gasteiger partial charge in [-0.3, -0.25) is 19.8 Å². The number of piperazine rings is 1. The van der Waals surface area contributed by atoms with Crippen molar-refractivity contribution in [1.82, 2.24) is 19.6 Å². The predicted molar refractivity (Wildman–Crippen MR) is 256 cm³/mol. The van der Waals surface area contributed by atoms with Crippen molar-refractivity contribution in [2.24, 2.45) is 11.3 Å². The minimum atomic E-state index is -4.81. The van der Waals surface area contributed by atoms with Crippen molar-refractivity contribution in [3.8, 4) is 5.88 Å². The molecule has 0 bridgehead atoms. The van der Waals surface area contributed by atoms with Gasteiger partial charge < -0.3 is 34.3 Å². The van der Waals surface area contributed by atoms with Gasteiger partial charge in [0.15, 0.2) is 0 Å². The van der Waals surface area contributed by atoms with E-state index in [4.69, 9.17) is 25.8 Å². The standard InChI is InChI=1S/C48H52ClF3N8O8S/c1-47(2)13-11-32(39(24-47)30-3-5-34(49)6-4-30)26-57-15-17-58(18-16-57)35-7-9-38(41(22-35)59-27-33(48(50,51)52)28-68-46-43(59)21-31-12-14-53-44(31)55-46)45(61)56-69(64,65)37-8-10-40(42(23-37)60(62)63)54-25-36-29-66-19-20-67-36/h3-10,12,14,21-23,33,36,54H,11,13,15-20,24-29H2,1-2H3,(H,53,55)(H,56,61)/t33-,36+/m1/s1. The van der Waals surface area contributed by atoms with Gasteiger partial charge in [0.05, 0.1) is 47.0 Å². The van der Waals surface area contributed by atoms with Crippen LogP contribution >= 0.6 is 11.6 Å². The number of sulfonamides is 1. The minimum Gasteiger partial charge on any atom is -0.475 e. The second-order valence-electron chi connectivity index (χ2n) is 18.6. The molecule has 5 heterocycles. The molecule has 5 aromatic rings. The Bertz CT molecular complexity index is 2880. The number of carbonyl (C=O) groups excluding carboxylic acids is 1. The Morgan fingerprint density at radius 1 is 1.00 bits per heavy atom. The highest BCUT2D eigenvalue weighted by atomic mass is 35.5. The van der Waals surface area contributed by atoms with E-state index in [-0.39, 0.29) is 47.1 Å². The van der Waals surface area contributed by atoms with Crippen LogP contribution in [0.4, 0.5) is 41.6 Å². The van der Waals surface area contributed by atoms with Crippen LogP contribution in [0.2, 0.25) is 5.02 Å². The van der Waals surface area contributed by atoms with E-state index in [0.717, 1.165) is 43.5 Å². The number of carbonyl (C=O) groups is 1. The topological polar surface area (TPSA) is 185 Å². The maximum absolute atomic E-state index is 14.8. The highest BCUT2D eigenvalue weighted by Crippen LogP contribution is 2.45. The fourth-order valence-electron chi connectivity index (χ4n) is 9.35. The predicted octanol–water partition coefficient (Wildman–Crippen LogP) is 8.57. The monoisotopic (exact) mass is 992 g/mol. The molecule has 16 nitrogen and oxygen atoms in total. The normalized spacial score (nSPS) is 20.3. The van der Waals surface area contributed by atoms with E-state index >= 15 is 0 Å². The van der Waals surface area contributed by atoms with Gasteiger partial charge in [0.25, 0.3) is 21.6 Å². The average molecular weight is 994 g/mol. The maximum atomic E-state index is 14.8. The largest absolute Gasteiger partial charge is 0.475 e. The lowest BCUT2D eigenvalue weighted by Gasteiger charge is -2.39. The van der Waals surface area contributed by atoms with Crippen LogP contribution in [0.3, 0.4) is 0 Å². The number of amides is 1. The van der Waals surface area contributed by atoms with Crippen molar-refractivity contribution in [1.29, 1.82) is 0 Å². The number of nitro benzene ring substituents is 1. The quantitative estimate of drug-likeness (QED) is 0.0799. The Kier molecular flexibility index (Phi) is 13.6. The van der Waals surface area contributed by atoms with E-state index in [9.17, 15) is 36.5 Å². The molecular formula is C48H52ClF3N8O8S. The SMILES string of the molecule is CC1(C)CCC(CN2CCN(c3ccc(C(=O)NS(=O)(=O)c4ccc(NC[C@H]5COCCO5)c([N+](=O)[O-])c4)c(N4C[C@@H](C(F)(F)F)COc5nc6[nH]ccc6cc54)c3)CC2)=C(c2ccc(Cl)cc2)C1. The number of benzene rings is 3. The molecule has 3 aliphatic heterocycles. The first-order valence-corrected chi connectivity index (χ1v) is 24.6. The van der Waals surface area contributed by atoms with Gasteiger partial charge in [0, 0.05) is 74.2 Å². The van der Waals surface area contributed by atoms with E-state index in [2.05, 4.69) is 51.1 Å². The summed E-state index contributed by atoms with van der Waals surface area (Å²) in [7, 11) is -4.81. The summed E-state index contributed by atoms with van der Waals surface area (Å²) in [4.78, 5) is 38.5. The second-order valence-corrected chi connectivity index (χ2v) is 20.7. The second kappa shape index (κ2) is 19.5. The number of hydrogen-bond donors (Lipinski definition) is 3. The van der Waals surface area contributed by atoms with E-state index < -0.39 is 62.8 Å². The summed E-state index contributed by atoms with van der Waals surface area (Å²) in [6, 6.07) is 19.1. The molecule has 9 rings (SSSR count). The van der Waals surface area contributed by atoms with Gasteiger partial charge in [-0.2, -0.15) is 18.2 Å². The fraction of sp³-hybridized carbons (Fsp3) is 0.417. The van der Waals surface area contributed by atoms with Crippen LogP contribution in [0.1, 0.15) is 49.0 Å². The number of ether oxygens (including phenoxy) is 3. The molecule has 21 heteroatoms. The highest BCUT2D eigenvalue weighted by molar-refractivity contribution is 7.90. The molecule has 3 N–H and O–H groups in total. The number of nitrogens with one attached hydrogen (secondary N) is 3. The summed E-state index contributed by atoms with van der Waals surface area (Å²) in [5.41, 5.74) is 4.28. The molecule has 0 unspecified atom stereocenters. The lowest BCUT2D eigenvalue weighted by molar-refractivity contribution is -0.384. The van der Waals surface area contributed by atoms with Gasteiger partial charge in [0.1, 0.15) is 29.5 Å². The summed E-state index contributed by atoms with van der Waals surface area (Å²) >= 11 is 6.25. The third-order valence-electron chi connectivity index (χ3n) is 13.2. The number of aromatic nitrogens is 2. The van der Waals surface area contributed by atoms with Crippen LogP contribution in [0, 0.1) is 21.4 Å². The van der Waals surface area contributed by atoms with Crippen LogP contribution in [0.25, 0.3) is 16.6 Å². The molecule has 2 saturated heterocycles. The number of nitrogens with zero attached hydrogens (tertiary/aromatic N) is 5. The molecule has 0 radical (unpaired) electrons. The third-order valence-corrected chi connectivity index (χ3v) is 14.8. The smallest absolute Gasteiger partial charge is 0.396 e. The van der Waals surface area contributed by atoms with Gasteiger partial charge in [-0.15, -0.1) is 0 Å². The van der Waals surface area contributed by atoms with Crippen LogP contribution in [0.5, 0.6) is 5.88 Å². The van der Waals surface area contributed by atoms with Gasteiger partial charge in [-0.25, -0.2) is 13.1 Å². The number of halogens is 4. The molecule has 3 aromatic carbocycles. The number of allylic oxidation sites excluding steroid dienone is 1. The molecule has 69 heavy (non-hydrogen) atoms. The zero-order valence-electron chi connectivity index (χ0n) is 38.0. The number of alkyl halides is 3. The van der Waals surface area contributed by atoms with Gasteiger partial charge in [-0.1, -0.05) is 43.2 Å². The first-order valence-electron chi connectivity index (χ1n) is 22.7. The summed E-state index contributed by atoms with van der Waals surface area (Å²) in [6.07, 6.45) is -0.534. The molecule has 2 aromatic heterocycles. The van der Waals surface area contributed by atoms with Crippen LogP contribution in [-0.2, 0) is 19.5 Å². The molecule has 4 aliphatic rings. The number of anilines is 4. The van der Waals surface area contributed by atoms with E-state index in [1.165, 1.54) is 28.2 Å². The van der Waals surface area contributed by atoms with Crippen molar-refractivity contribution in [3.63, 3.8) is 0 Å². The van der Waals surface area contributed by atoms with Crippen LogP contribution in [-0.4, -0.2) is 119 Å². The van der Waals surface area contributed by atoms with Crippen molar-refractivity contribution >= 4 is 72.6 Å². The number of hydrogen-bond acceptors (Lipinski definition) is 13. The van der Waals surface area contributed by atoms with Crippen molar-refractivity contribution in [2.45, 2.75) is 50.3 Å². The number of pyridine rings is 1. The molecule has 2 atom stereocenters. The van der Waals surface area contributed by atoms with Crippen molar-refractivity contribution in [2.75, 3.05) is 87.4 Å². The Balaban J connectivity index is 1.03. The molecule has 0 saturated carbocycles. The van der Waals surface area contributed by atoms with Crippen LogP contribution in [0.15, 0.2) is 89.5 Å². The van der Waals surface area contributed by atoms with Crippen molar-refractivity contribution < 1.29 is 45.5 Å². The molecule has 1 amide bonds. The Morgan fingerprint density at radius 2 is 1.78 bits per heavy atom. The van der Waals surface area contributed by atoms with E-state index in [0.29, 0.717) is 61.1 Å². The average Bonchev–Trinajstić information content (AvgIpc) is 3.70. The molecular weight excluding hydrogens is 941 g/mol. The third kappa shape index (κ3) is 10.8. The lowest BCUT2D eigenvalue weighted by Crippen LogP contribution is -2.47. The van der Waals surface area contributed by atoms with Gasteiger partial charge in [-0.05, 0) is 90.4 Å². The Hall–Kier alpha value is -5.93. The van der Waals surface area contributed by atoms with Crippen molar-refractivity contribution in [3.05, 3.63) is 111 Å². The number of aromatic amines is 1. The molecule has 366 valence electrons. The zero-order chi connectivity index (χ0) is 48.7. The van der Waals surface area contributed by atoms with Crippen LogP contribution < -0.4 is 24.6 Å². The number of nitro groups is 1. The Labute approximate surface area is 401 Å². The number of fused-ring (bicyclic) bond motifs is 2. The zero-order valence-corrected chi connectivity index (χ0v) is 39.6. The fourth-order valence-corrected chi connectivity index (χ4v) is 10.5. The van der Waals surface area contributed by atoms with E-state index in [1.54, 1.807) is 30.5 Å².